The van der Waals surface area contributed by atoms with Crippen LogP contribution in [0.5, 0.6) is 0 Å². The molecule has 0 unspecified atom stereocenters. The normalized spacial score (nSPS) is 18.6. The van der Waals surface area contributed by atoms with E-state index in [1.807, 2.05) is 82.3 Å². The highest BCUT2D eigenvalue weighted by molar-refractivity contribution is 6.03. The summed E-state index contributed by atoms with van der Waals surface area (Å²) in [5, 5.41) is 5.07. The van der Waals surface area contributed by atoms with Gasteiger partial charge in [-0.1, -0.05) is 42.5 Å². The van der Waals surface area contributed by atoms with Crippen molar-refractivity contribution in [3.05, 3.63) is 72.1 Å². The molecule has 6 heteroatoms. The van der Waals surface area contributed by atoms with E-state index in [2.05, 4.69) is 10.3 Å². The Balaban J connectivity index is 1.61. The molecule has 0 saturated carbocycles. The number of amides is 2. The van der Waals surface area contributed by atoms with E-state index < -0.39 is 5.60 Å². The zero-order chi connectivity index (χ0) is 22.9. The highest BCUT2D eigenvalue weighted by Crippen LogP contribution is 2.35. The molecule has 0 bridgehead atoms. The van der Waals surface area contributed by atoms with Crippen LogP contribution in [0.1, 0.15) is 37.9 Å². The van der Waals surface area contributed by atoms with Gasteiger partial charge in [0.15, 0.2) is 0 Å². The average Bonchev–Trinajstić information content (AvgIpc) is 3.20. The molecule has 1 aliphatic rings. The number of ether oxygens (including phenoxy) is 1. The third-order valence-electron chi connectivity index (χ3n) is 5.80. The molecule has 2 aromatic carbocycles. The number of carbonyl (C=O) groups is 2. The van der Waals surface area contributed by atoms with Gasteiger partial charge in [-0.25, -0.2) is 4.79 Å². The molecule has 1 saturated heterocycles. The van der Waals surface area contributed by atoms with Gasteiger partial charge in [0, 0.05) is 47.4 Å². The lowest BCUT2D eigenvalue weighted by atomic mass is 9.88. The van der Waals surface area contributed by atoms with Gasteiger partial charge in [0.2, 0.25) is 5.91 Å². The highest BCUT2D eigenvalue weighted by Gasteiger charge is 2.41. The van der Waals surface area contributed by atoms with E-state index in [1.54, 1.807) is 11.1 Å². The van der Waals surface area contributed by atoms with E-state index in [-0.39, 0.29) is 23.8 Å². The van der Waals surface area contributed by atoms with E-state index >= 15 is 0 Å². The summed E-state index contributed by atoms with van der Waals surface area (Å²) in [6.45, 7) is 8.24. The zero-order valence-electron chi connectivity index (χ0n) is 19.0. The Morgan fingerprint density at radius 2 is 1.75 bits per heavy atom. The topological polar surface area (TPSA) is 71.5 Å². The Hall–Kier alpha value is -3.41. The molecule has 1 N–H and O–H groups in total. The Labute approximate surface area is 188 Å². The van der Waals surface area contributed by atoms with Crippen molar-refractivity contribution in [2.45, 2.75) is 39.2 Å². The van der Waals surface area contributed by atoms with E-state index in [4.69, 9.17) is 4.74 Å². The van der Waals surface area contributed by atoms with Crippen molar-refractivity contribution >= 4 is 28.5 Å². The Morgan fingerprint density at radius 1 is 1.00 bits per heavy atom. The lowest BCUT2D eigenvalue weighted by Crippen LogP contribution is -2.36. The smallest absolute Gasteiger partial charge is 0.410 e. The average molecular weight is 432 g/mol. The number of rotatable bonds is 3. The molecule has 0 radical (unpaired) electrons. The highest BCUT2D eigenvalue weighted by atomic mass is 16.6. The van der Waals surface area contributed by atoms with Crippen molar-refractivity contribution in [3.63, 3.8) is 0 Å². The molecule has 2 heterocycles. The summed E-state index contributed by atoms with van der Waals surface area (Å²) in [6.07, 6.45) is 1.36. The fourth-order valence-electron chi connectivity index (χ4n) is 4.27. The second kappa shape index (κ2) is 8.61. The predicted octanol–water partition coefficient (Wildman–Crippen LogP) is 5.13. The molecule has 4 rings (SSSR count). The largest absolute Gasteiger partial charge is 0.444 e. The van der Waals surface area contributed by atoms with Crippen LogP contribution in [0.15, 0.2) is 60.8 Å². The fraction of sp³-hybridized carbons (Fsp3) is 0.346. The van der Waals surface area contributed by atoms with Crippen molar-refractivity contribution in [2.24, 2.45) is 5.92 Å². The van der Waals surface area contributed by atoms with Crippen molar-refractivity contribution in [3.8, 4) is 0 Å². The first-order valence-corrected chi connectivity index (χ1v) is 10.9. The molecule has 2 atom stereocenters. The lowest BCUT2D eigenvalue weighted by Gasteiger charge is -2.24. The Kier molecular flexibility index (Phi) is 5.87. The van der Waals surface area contributed by atoms with Crippen LogP contribution in [-0.4, -0.2) is 40.6 Å². The number of aromatic nitrogens is 1. The van der Waals surface area contributed by atoms with Crippen molar-refractivity contribution in [2.75, 3.05) is 18.4 Å². The first kappa shape index (κ1) is 21.8. The summed E-state index contributed by atoms with van der Waals surface area (Å²) in [4.78, 5) is 32.2. The number of hydrogen-bond acceptors (Lipinski definition) is 4. The standard InChI is InChI=1S/C26H29N3O3/c1-17-19-11-8-12-23(20(19)13-14-27-17)28-24(30)22-16-29(25(31)32-26(2,3)4)15-21(22)18-9-6-5-7-10-18/h5-14,21-22H,15-16H2,1-4H3,(H,28,30)/t21-,22+/m1/s1. The number of aryl methyl sites for hydroxylation is 1. The molecule has 1 fully saturated rings. The third-order valence-corrected chi connectivity index (χ3v) is 5.80. The minimum Gasteiger partial charge on any atom is -0.444 e. The molecule has 32 heavy (non-hydrogen) atoms. The number of carbonyl (C=O) groups excluding carboxylic acids is 2. The lowest BCUT2D eigenvalue weighted by molar-refractivity contribution is -0.119. The minimum atomic E-state index is -0.589. The van der Waals surface area contributed by atoms with Gasteiger partial charge < -0.3 is 15.0 Å². The van der Waals surface area contributed by atoms with E-state index in [0.29, 0.717) is 13.1 Å². The molecule has 2 amide bonds. The number of benzene rings is 2. The fourth-order valence-corrected chi connectivity index (χ4v) is 4.27. The van der Waals surface area contributed by atoms with Crippen LogP contribution in [0.2, 0.25) is 0 Å². The van der Waals surface area contributed by atoms with E-state index in [1.165, 1.54) is 0 Å². The molecule has 1 aromatic heterocycles. The minimum absolute atomic E-state index is 0.105. The Morgan fingerprint density at radius 3 is 2.47 bits per heavy atom. The number of pyridine rings is 1. The van der Waals surface area contributed by atoms with Crippen LogP contribution in [0.3, 0.4) is 0 Å². The maximum atomic E-state index is 13.5. The van der Waals surface area contributed by atoms with E-state index in [9.17, 15) is 9.59 Å². The number of hydrogen-bond donors (Lipinski definition) is 1. The van der Waals surface area contributed by atoms with Crippen LogP contribution in [0.25, 0.3) is 10.8 Å². The predicted molar refractivity (Wildman–Crippen MR) is 126 cm³/mol. The van der Waals surface area contributed by atoms with Gasteiger partial charge in [-0.3, -0.25) is 9.78 Å². The summed E-state index contributed by atoms with van der Waals surface area (Å²) in [5.74, 6) is -0.600. The number of fused-ring (bicyclic) bond motifs is 1. The van der Waals surface area contributed by atoms with Crippen LogP contribution < -0.4 is 5.32 Å². The molecular weight excluding hydrogens is 402 g/mol. The summed E-state index contributed by atoms with van der Waals surface area (Å²) in [5.41, 5.74) is 2.11. The molecule has 1 aliphatic heterocycles. The van der Waals surface area contributed by atoms with Crippen LogP contribution in [0.4, 0.5) is 10.5 Å². The molecule has 0 aliphatic carbocycles. The molecule has 0 spiro atoms. The van der Waals surface area contributed by atoms with Gasteiger partial charge in [-0.15, -0.1) is 0 Å². The molecular formula is C26H29N3O3. The van der Waals surface area contributed by atoms with Crippen molar-refractivity contribution < 1.29 is 14.3 Å². The third kappa shape index (κ3) is 4.59. The van der Waals surface area contributed by atoms with Gasteiger partial charge >= 0.3 is 6.09 Å². The van der Waals surface area contributed by atoms with Crippen LogP contribution in [0, 0.1) is 12.8 Å². The van der Waals surface area contributed by atoms with Crippen molar-refractivity contribution in [1.82, 2.24) is 9.88 Å². The van der Waals surface area contributed by atoms with Gasteiger partial charge in [-0.05, 0) is 45.4 Å². The van der Waals surface area contributed by atoms with Crippen LogP contribution in [-0.2, 0) is 9.53 Å². The maximum absolute atomic E-state index is 13.5. The number of likely N-dealkylation sites (tertiary alicyclic amines) is 1. The van der Waals surface area contributed by atoms with Gasteiger partial charge in [0.05, 0.1) is 5.92 Å². The summed E-state index contributed by atoms with van der Waals surface area (Å²) < 4.78 is 5.57. The van der Waals surface area contributed by atoms with Gasteiger partial charge in [0.25, 0.3) is 0 Å². The first-order chi connectivity index (χ1) is 15.2. The SMILES string of the molecule is Cc1nccc2c(NC(=O)[C@H]3CN(C(=O)OC(C)(C)C)C[C@@H]3c3ccccc3)cccc12. The summed E-state index contributed by atoms with van der Waals surface area (Å²) in [6, 6.07) is 17.6. The second-order valence-electron chi connectivity index (χ2n) is 9.30. The van der Waals surface area contributed by atoms with Crippen molar-refractivity contribution in [1.29, 1.82) is 0 Å². The van der Waals surface area contributed by atoms with Gasteiger partial charge in [-0.2, -0.15) is 0 Å². The quantitative estimate of drug-likeness (QED) is 0.624. The second-order valence-corrected chi connectivity index (χ2v) is 9.30. The molecule has 166 valence electrons. The maximum Gasteiger partial charge on any atom is 0.410 e. The molecule has 3 aromatic rings. The van der Waals surface area contributed by atoms with Gasteiger partial charge in [0.1, 0.15) is 5.60 Å². The number of anilines is 1. The number of nitrogens with zero attached hydrogens (tertiary/aromatic N) is 2. The Bertz CT molecular complexity index is 1140. The summed E-state index contributed by atoms with van der Waals surface area (Å²) >= 11 is 0. The number of nitrogens with one attached hydrogen (secondary N) is 1. The van der Waals surface area contributed by atoms with Crippen LogP contribution >= 0.6 is 0 Å². The van der Waals surface area contributed by atoms with E-state index in [0.717, 1.165) is 27.7 Å². The monoisotopic (exact) mass is 431 g/mol. The molecule has 6 nitrogen and oxygen atoms in total. The first-order valence-electron chi connectivity index (χ1n) is 10.9. The summed E-state index contributed by atoms with van der Waals surface area (Å²) in [7, 11) is 0. The zero-order valence-corrected chi connectivity index (χ0v) is 19.0.